The number of benzene rings is 1. The van der Waals surface area contributed by atoms with Crippen molar-refractivity contribution >= 4 is 17.3 Å². The van der Waals surface area contributed by atoms with Gasteiger partial charge in [-0.25, -0.2) is 0 Å². The zero-order valence-electron chi connectivity index (χ0n) is 9.51. The van der Waals surface area contributed by atoms with Gasteiger partial charge in [-0.1, -0.05) is 12.1 Å². The maximum absolute atomic E-state index is 9.14. The van der Waals surface area contributed by atoms with Crippen LogP contribution in [0.25, 0.3) is 0 Å². The van der Waals surface area contributed by atoms with Gasteiger partial charge in [0, 0.05) is 0 Å². The smallest absolute Gasteiger partial charge is 0.177 e. The predicted octanol–water partition coefficient (Wildman–Crippen LogP) is 2.01. The molecule has 1 atom stereocenters. The second kappa shape index (κ2) is 5.82. The van der Waals surface area contributed by atoms with Crippen molar-refractivity contribution in [2.45, 2.75) is 32.4 Å². The highest BCUT2D eigenvalue weighted by atomic mass is 32.1. The molecule has 0 aliphatic rings. The Kier molecular flexibility index (Phi) is 4.71. The van der Waals surface area contributed by atoms with Crippen LogP contribution in [0, 0.1) is 0 Å². The van der Waals surface area contributed by atoms with Crippen molar-refractivity contribution in [2.24, 2.45) is 5.73 Å². The summed E-state index contributed by atoms with van der Waals surface area (Å²) in [4.78, 5) is 0. The molecule has 3 N–H and O–H groups in total. The van der Waals surface area contributed by atoms with E-state index >= 15 is 0 Å². The first-order valence-electron chi connectivity index (χ1n) is 5.23. The average Bonchev–Trinajstić information content (AvgIpc) is 2.20. The number of hydrogen-bond donors (Lipinski definition) is 2. The van der Waals surface area contributed by atoms with Crippen LogP contribution >= 0.6 is 12.2 Å². The largest absolute Gasteiger partial charge is 0.508 e. The molecule has 1 rings (SSSR count). The van der Waals surface area contributed by atoms with Gasteiger partial charge in [0.2, 0.25) is 0 Å². The Morgan fingerprint density at radius 3 is 2.44 bits per heavy atom. The molecule has 0 unspecified atom stereocenters. The first-order chi connectivity index (χ1) is 7.49. The van der Waals surface area contributed by atoms with Crippen molar-refractivity contribution in [2.75, 3.05) is 0 Å². The van der Waals surface area contributed by atoms with Crippen LogP contribution in [-0.4, -0.2) is 22.3 Å². The highest BCUT2D eigenvalue weighted by molar-refractivity contribution is 7.80. The van der Waals surface area contributed by atoms with Crippen molar-refractivity contribution in [3.8, 4) is 5.75 Å². The van der Waals surface area contributed by atoms with Gasteiger partial charge in [0.05, 0.1) is 12.1 Å². The van der Waals surface area contributed by atoms with Gasteiger partial charge in [-0.3, -0.25) is 0 Å². The molecule has 3 nitrogen and oxygen atoms in total. The first-order valence-corrected chi connectivity index (χ1v) is 5.64. The summed E-state index contributed by atoms with van der Waals surface area (Å²) in [5.41, 5.74) is 6.93. The minimum atomic E-state index is -0.290. The molecule has 4 heteroatoms. The number of nitrogens with two attached hydrogens (primary N) is 1. The molecule has 0 saturated heterocycles. The van der Waals surface area contributed by atoms with E-state index in [4.69, 9.17) is 27.8 Å². The van der Waals surface area contributed by atoms with Gasteiger partial charge in [0.25, 0.3) is 0 Å². The monoisotopic (exact) mass is 239 g/mol. The van der Waals surface area contributed by atoms with Crippen LogP contribution in [0.15, 0.2) is 24.3 Å². The van der Waals surface area contributed by atoms with Crippen LogP contribution in [0.2, 0.25) is 0 Å². The van der Waals surface area contributed by atoms with Gasteiger partial charge in [0.1, 0.15) is 5.75 Å². The fourth-order valence-electron chi connectivity index (χ4n) is 1.29. The lowest BCUT2D eigenvalue weighted by Gasteiger charge is -2.16. The van der Waals surface area contributed by atoms with Crippen molar-refractivity contribution in [1.82, 2.24) is 0 Å². The van der Waals surface area contributed by atoms with Gasteiger partial charge >= 0.3 is 0 Å². The highest BCUT2D eigenvalue weighted by Gasteiger charge is 2.12. The van der Waals surface area contributed by atoms with Crippen LogP contribution in [0.1, 0.15) is 19.4 Å². The van der Waals surface area contributed by atoms with Gasteiger partial charge in [-0.2, -0.15) is 0 Å². The molecule has 88 valence electrons. The Morgan fingerprint density at radius 2 is 1.94 bits per heavy atom. The summed E-state index contributed by atoms with van der Waals surface area (Å²) >= 11 is 5.08. The average molecular weight is 239 g/mol. The summed E-state index contributed by atoms with van der Waals surface area (Å²) in [6.45, 7) is 3.83. The first kappa shape index (κ1) is 12.9. The highest BCUT2D eigenvalue weighted by Crippen LogP contribution is 2.11. The summed E-state index contributed by atoms with van der Waals surface area (Å²) in [5.74, 6) is 0.248. The Labute approximate surface area is 101 Å². The molecular weight excluding hydrogens is 222 g/mol. The molecule has 0 spiro atoms. The number of ether oxygens (including phenoxy) is 1. The molecule has 0 heterocycles. The lowest BCUT2D eigenvalue weighted by atomic mass is 10.1. The van der Waals surface area contributed by atoms with Gasteiger partial charge < -0.3 is 15.6 Å². The Hall–Kier alpha value is -1.13. The molecular formula is C12H17NO2S. The molecule has 1 aromatic rings. The van der Waals surface area contributed by atoms with E-state index in [0.29, 0.717) is 11.5 Å². The molecule has 0 bridgehead atoms. The summed E-state index contributed by atoms with van der Waals surface area (Å²) in [5, 5.41) is 9.57. The fraction of sp³-hybridized carbons (Fsp3) is 0.417. The quantitative estimate of drug-likeness (QED) is 0.789. The van der Waals surface area contributed by atoms with Gasteiger partial charge in [-0.05, 0) is 50.2 Å². The van der Waals surface area contributed by atoms with E-state index in [9.17, 15) is 0 Å². The number of rotatable bonds is 4. The molecule has 0 amide bonds. The molecule has 0 radical (unpaired) electrons. The van der Waals surface area contributed by atoms with Gasteiger partial charge in [-0.15, -0.1) is 0 Å². The van der Waals surface area contributed by atoms with E-state index in [0.717, 1.165) is 5.56 Å². The summed E-state index contributed by atoms with van der Waals surface area (Å²) in [6, 6.07) is 6.63. The summed E-state index contributed by atoms with van der Waals surface area (Å²) in [6.07, 6.45) is 0.671. The second-order valence-electron chi connectivity index (χ2n) is 3.96. The molecule has 0 aliphatic carbocycles. The molecule has 0 aromatic heterocycles. The predicted molar refractivity (Wildman–Crippen MR) is 68.6 cm³/mol. The molecule has 16 heavy (non-hydrogen) atoms. The lowest BCUT2D eigenvalue weighted by molar-refractivity contribution is 0.225. The van der Waals surface area contributed by atoms with E-state index in [1.807, 2.05) is 26.0 Å². The maximum Gasteiger partial charge on any atom is 0.177 e. The zero-order chi connectivity index (χ0) is 12.1. The van der Waals surface area contributed by atoms with Crippen molar-refractivity contribution in [3.05, 3.63) is 29.8 Å². The molecule has 0 saturated carbocycles. The summed E-state index contributed by atoms with van der Waals surface area (Å²) in [7, 11) is 0. The summed E-state index contributed by atoms with van der Waals surface area (Å²) < 4.78 is 5.36. The standard InChI is InChI=1S/C12H17NO2S/c1-8(2)15-12(16)11(13)7-9-3-5-10(14)6-4-9/h3-6,8,11,14H,7,13H2,1-2H3/t11-/m0/s1. The molecule has 1 aromatic carbocycles. The fourth-order valence-corrected chi connectivity index (χ4v) is 1.56. The minimum absolute atomic E-state index is 0.0540. The van der Waals surface area contributed by atoms with Crippen molar-refractivity contribution < 1.29 is 9.84 Å². The molecule has 0 aliphatic heterocycles. The Morgan fingerprint density at radius 1 is 1.38 bits per heavy atom. The second-order valence-corrected chi connectivity index (χ2v) is 4.37. The van der Waals surface area contributed by atoms with Crippen LogP contribution in [-0.2, 0) is 11.2 Å². The van der Waals surface area contributed by atoms with Crippen LogP contribution in [0.3, 0.4) is 0 Å². The third-order valence-corrected chi connectivity index (χ3v) is 2.45. The third kappa shape index (κ3) is 4.16. The van der Waals surface area contributed by atoms with Crippen molar-refractivity contribution in [3.63, 3.8) is 0 Å². The normalized spacial score (nSPS) is 12.5. The van der Waals surface area contributed by atoms with Crippen LogP contribution in [0.4, 0.5) is 0 Å². The van der Waals surface area contributed by atoms with Crippen LogP contribution in [0.5, 0.6) is 5.75 Å². The SMILES string of the molecule is CC(C)OC(=S)[C@@H](N)Cc1ccc(O)cc1. The van der Waals surface area contributed by atoms with E-state index in [-0.39, 0.29) is 17.9 Å². The number of hydrogen-bond acceptors (Lipinski definition) is 4. The topological polar surface area (TPSA) is 55.5 Å². The van der Waals surface area contributed by atoms with E-state index in [1.54, 1.807) is 12.1 Å². The Balaban J connectivity index is 2.53. The third-order valence-electron chi connectivity index (χ3n) is 2.05. The Bertz CT molecular complexity index is 349. The number of thiocarbonyl (C=S) groups is 1. The minimum Gasteiger partial charge on any atom is -0.508 e. The lowest BCUT2D eigenvalue weighted by Crippen LogP contribution is -2.34. The maximum atomic E-state index is 9.14. The van der Waals surface area contributed by atoms with Gasteiger partial charge in [0.15, 0.2) is 5.05 Å². The van der Waals surface area contributed by atoms with E-state index in [1.165, 1.54) is 0 Å². The number of phenolic OH excluding ortho intramolecular Hbond substituents is 1. The van der Waals surface area contributed by atoms with E-state index < -0.39 is 0 Å². The zero-order valence-corrected chi connectivity index (χ0v) is 10.3. The molecule has 0 fully saturated rings. The number of aromatic hydroxyl groups is 1. The van der Waals surface area contributed by atoms with Crippen molar-refractivity contribution in [1.29, 1.82) is 0 Å². The number of phenols is 1. The van der Waals surface area contributed by atoms with Crippen LogP contribution < -0.4 is 5.73 Å². The van der Waals surface area contributed by atoms with E-state index in [2.05, 4.69) is 0 Å².